The Labute approximate surface area is 230 Å². The van der Waals surface area contributed by atoms with Crippen molar-refractivity contribution >= 4 is 0 Å². The predicted octanol–water partition coefficient (Wildman–Crippen LogP) is 11.3. The van der Waals surface area contributed by atoms with E-state index in [9.17, 15) is 0 Å². The topological polar surface area (TPSA) is 38.0 Å². The minimum absolute atomic E-state index is 0.871. The predicted molar refractivity (Wildman–Crippen MR) is 166 cm³/mol. The average molecular weight is 509 g/mol. The summed E-state index contributed by atoms with van der Waals surface area (Å²) in [7, 11) is 0. The SMILES string of the molecule is CCCCCCCCCCCCCCCCCCNCCCCCCCCCCCCCCCCN. The van der Waals surface area contributed by atoms with Crippen molar-refractivity contribution < 1.29 is 0 Å². The minimum Gasteiger partial charge on any atom is -0.330 e. The molecule has 0 unspecified atom stereocenters. The van der Waals surface area contributed by atoms with E-state index in [-0.39, 0.29) is 0 Å². The Kier molecular flexibility index (Phi) is 34.8. The maximum Gasteiger partial charge on any atom is -0.00489 e. The largest absolute Gasteiger partial charge is 0.330 e. The third kappa shape index (κ3) is 33.9. The van der Waals surface area contributed by atoms with Crippen LogP contribution in [0, 0.1) is 0 Å². The maximum atomic E-state index is 5.54. The lowest BCUT2D eigenvalue weighted by atomic mass is 10.0. The van der Waals surface area contributed by atoms with Gasteiger partial charge in [0.25, 0.3) is 0 Å². The van der Waals surface area contributed by atoms with Gasteiger partial charge in [0.1, 0.15) is 0 Å². The Bertz CT molecular complexity index is 323. The Balaban J connectivity index is 3.00. The minimum atomic E-state index is 0.871. The maximum absolute atomic E-state index is 5.54. The molecule has 0 rings (SSSR count). The summed E-state index contributed by atoms with van der Waals surface area (Å²) < 4.78 is 0. The Morgan fingerprint density at radius 2 is 0.528 bits per heavy atom. The molecule has 0 saturated carbocycles. The van der Waals surface area contributed by atoms with Gasteiger partial charge in [0.2, 0.25) is 0 Å². The van der Waals surface area contributed by atoms with Gasteiger partial charge in [-0.25, -0.2) is 0 Å². The first kappa shape index (κ1) is 35.9. The van der Waals surface area contributed by atoms with Gasteiger partial charge < -0.3 is 11.1 Å². The summed E-state index contributed by atoms with van der Waals surface area (Å²) >= 11 is 0. The lowest BCUT2D eigenvalue weighted by molar-refractivity contribution is 0.516. The van der Waals surface area contributed by atoms with Gasteiger partial charge in [0, 0.05) is 0 Å². The van der Waals surface area contributed by atoms with Gasteiger partial charge in [-0.3, -0.25) is 0 Å². The zero-order valence-electron chi connectivity index (χ0n) is 25.4. The van der Waals surface area contributed by atoms with Crippen LogP contribution in [0.2, 0.25) is 0 Å². The van der Waals surface area contributed by atoms with E-state index in [0.29, 0.717) is 0 Å². The molecule has 0 aliphatic carbocycles. The normalized spacial score (nSPS) is 11.5. The molecule has 0 aromatic heterocycles. The fourth-order valence-corrected chi connectivity index (χ4v) is 5.44. The standard InChI is InChI=1S/C34H72N2/c1-2-3-4-5-6-7-8-9-10-12-15-18-21-24-27-30-33-36-34-31-28-25-22-19-16-13-11-14-17-20-23-26-29-32-35/h36H,2-35H2,1H3. The highest BCUT2D eigenvalue weighted by atomic mass is 14.8. The molecule has 218 valence electrons. The molecule has 0 aliphatic rings. The first-order valence-electron chi connectivity index (χ1n) is 17.3. The Morgan fingerprint density at radius 3 is 0.778 bits per heavy atom. The van der Waals surface area contributed by atoms with Gasteiger partial charge in [-0.1, -0.05) is 180 Å². The van der Waals surface area contributed by atoms with Gasteiger partial charge in [0.05, 0.1) is 0 Å². The van der Waals surface area contributed by atoms with E-state index in [0.717, 1.165) is 6.54 Å². The fraction of sp³-hybridized carbons (Fsp3) is 1.00. The van der Waals surface area contributed by atoms with Gasteiger partial charge in [-0.05, 0) is 38.9 Å². The number of rotatable bonds is 33. The van der Waals surface area contributed by atoms with Crippen LogP contribution in [-0.2, 0) is 0 Å². The number of unbranched alkanes of at least 4 members (excludes halogenated alkanes) is 28. The first-order valence-corrected chi connectivity index (χ1v) is 17.3. The van der Waals surface area contributed by atoms with Crippen LogP contribution >= 0.6 is 0 Å². The first-order chi connectivity index (χ1) is 17.9. The number of hydrogen-bond acceptors (Lipinski definition) is 2. The summed E-state index contributed by atoms with van der Waals surface area (Å²) in [6.45, 7) is 5.66. The van der Waals surface area contributed by atoms with E-state index < -0.39 is 0 Å². The van der Waals surface area contributed by atoms with Crippen LogP contribution in [0.1, 0.15) is 200 Å². The van der Waals surface area contributed by atoms with E-state index in [4.69, 9.17) is 5.73 Å². The third-order valence-electron chi connectivity index (χ3n) is 8.01. The molecule has 0 aliphatic heterocycles. The summed E-state index contributed by atoms with van der Waals surface area (Å²) in [6, 6.07) is 0. The van der Waals surface area contributed by atoms with E-state index in [1.165, 1.54) is 206 Å². The smallest absolute Gasteiger partial charge is 0.00489 e. The van der Waals surface area contributed by atoms with Crippen LogP contribution in [-0.4, -0.2) is 19.6 Å². The Hall–Kier alpha value is -0.0800. The van der Waals surface area contributed by atoms with Crippen LogP contribution in [0.5, 0.6) is 0 Å². The lowest BCUT2D eigenvalue weighted by Gasteiger charge is -2.06. The van der Waals surface area contributed by atoms with E-state index in [2.05, 4.69) is 12.2 Å². The van der Waals surface area contributed by atoms with Crippen molar-refractivity contribution in [3.05, 3.63) is 0 Å². The molecule has 0 heterocycles. The van der Waals surface area contributed by atoms with Gasteiger partial charge in [-0.2, -0.15) is 0 Å². The molecule has 0 fully saturated rings. The highest BCUT2D eigenvalue weighted by Gasteiger charge is 1.96. The fourth-order valence-electron chi connectivity index (χ4n) is 5.44. The van der Waals surface area contributed by atoms with Crippen molar-refractivity contribution in [2.75, 3.05) is 19.6 Å². The molecule has 0 radical (unpaired) electrons. The molecule has 0 saturated heterocycles. The molecule has 2 heteroatoms. The molecule has 0 amide bonds. The van der Waals surface area contributed by atoms with Crippen molar-refractivity contribution in [1.29, 1.82) is 0 Å². The molecular weight excluding hydrogens is 436 g/mol. The summed E-state index contributed by atoms with van der Waals surface area (Å²) in [5, 5.41) is 3.68. The number of hydrogen-bond donors (Lipinski definition) is 2. The number of nitrogens with two attached hydrogens (primary N) is 1. The highest BCUT2D eigenvalue weighted by Crippen LogP contribution is 2.14. The van der Waals surface area contributed by atoms with Crippen LogP contribution in [0.15, 0.2) is 0 Å². The summed E-state index contributed by atoms with van der Waals surface area (Å²) in [5.74, 6) is 0. The van der Waals surface area contributed by atoms with Crippen LogP contribution in [0.4, 0.5) is 0 Å². The second-order valence-corrected chi connectivity index (χ2v) is 11.8. The molecule has 0 atom stereocenters. The Morgan fingerprint density at radius 1 is 0.306 bits per heavy atom. The molecule has 36 heavy (non-hydrogen) atoms. The average Bonchev–Trinajstić information content (AvgIpc) is 2.89. The van der Waals surface area contributed by atoms with E-state index in [1.54, 1.807) is 0 Å². The summed E-state index contributed by atoms with van der Waals surface area (Å²) in [5.41, 5.74) is 5.54. The number of nitrogens with one attached hydrogen (secondary N) is 1. The van der Waals surface area contributed by atoms with Crippen molar-refractivity contribution in [3.63, 3.8) is 0 Å². The molecule has 3 N–H and O–H groups in total. The van der Waals surface area contributed by atoms with Crippen molar-refractivity contribution in [2.45, 2.75) is 200 Å². The zero-order chi connectivity index (χ0) is 26.0. The molecule has 0 aromatic carbocycles. The van der Waals surface area contributed by atoms with Crippen molar-refractivity contribution in [2.24, 2.45) is 5.73 Å². The second-order valence-electron chi connectivity index (χ2n) is 11.8. The van der Waals surface area contributed by atoms with Crippen molar-refractivity contribution in [1.82, 2.24) is 5.32 Å². The zero-order valence-corrected chi connectivity index (χ0v) is 25.4. The summed E-state index contributed by atoms with van der Waals surface area (Å²) in [6.07, 6.45) is 43.1. The van der Waals surface area contributed by atoms with E-state index >= 15 is 0 Å². The molecule has 0 bridgehead atoms. The van der Waals surface area contributed by atoms with Crippen molar-refractivity contribution in [3.8, 4) is 0 Å². The van der Waals surface area contributed by atoms with E-state index in [1.807, 2.05) is 0 Å². The van der Waals surface area contributed by atoms with Crippen LogP contribution in [0.25, 0.3) is 0 Å². The third-order valence-corrected chi connectivity index (χ3v) is 8.01. The monoisotopic (exact) mass is 509 g/mol. The van der Waals surface area contributed by atoms with Crippen LogP contribution < -0.4 is 11.1 Å². The summed E-state index contributed by atoms with van der Waals surface area (Å²) in [4.78, 5) is 0. The lowest BCUT2D eigenvalue weighted by Crippen LogP contribution is -2.16. The second kappa shape index (κ2) is 34.9. The molecule has 0 aromatic rings. The highest BCUT2D eigenvalue weighted by molar-refractivity contribution is 4.54. The van der Waals surface area contributed by atoms with Gasteiger partial charge in [0.15, 0.2) is 0 Å². The van der Waals surface area contributed by atoms with Crippen LogP contribution in [0.3, 0.4) is 0 Å². The molecular formula is C34H72N2. The molecule has 0 spiro atoms. The quantitative estimate of drug-likeness (QED) is 0.0865. The van der Waals surface area contributed by atoms with Gasteiger partial charge in [-0.15, -0.1) is 0 Å². The van der Waals surface area contributed by atoms with Gasteiger partial charge >= 0.3 is 0 Å². The molecule has 2 nitrogen and oxygen atoms in total.